The van der Waals surface area contributed by atoms with Gasteiger partial charge in [0.1, 0.15) is 5.76 Å². The standard InChI is InChI=1S/C8H11NO2/c1-3-10-8(9)7-5-4-6(2)11-7/h4-5,9H,3H2,1-2H3. The van der Waals surface area contributed by atoms with Gasteiger partial charge in [0.15, 0.2) is 5.76 Å². The number of furan rings is 1. The molecular weight excluding hydrogens is 142 g/mol. The maximum atomic E-state index is 7.33. The van der Waals surface area contributed by atoms with Gasteiger partial charge in [0, 0.05) is 0 Å². The molecule has 1 heterocycles. The Morgan fingerprint density at radius 1 is 1.64 bits per heavy atom. The average Bonchev–Trinajstić information content (AvgIpc) is 2.36. The predicted molar refractivity (Wildman–Crippen MR) is 41.9 cm³/mol. The van der Waals surface area contributed by atoms with Gasteiger partial charge >= 0.3 is 0 Å². The van der Waals surface area contributed by atoms with E-state index in [-0.39, 0.29) is 5.90 Å². The molecule has 0 aliphatic heterocycles. The van der Waals surface area contributed by atoms with E-state index in [4.69, 9.17) is 14.6 Å². The second-order valence-corrected chi connectivity index (χ2v) is 2.17. The summed E-state index contributed by atoms with van der Waals surface area (Å²) in [5, 5.41) is 7.33. The fourth-order valence-corrected chi connectivity index (χ4v) is 0.772. The Balaban J connectivity index is 2.69. The van der Waals surface area contributed by atoms with Gasteiger partial charge in [0.25, 0.3) is 0 Å². The van der Waals surface area contributed by atoms with Crippen LogP contribution in [-0.4, -0.2) is 12.5 Å². The van der Waals surface area contributed by atoms with E-state index in [1.165, 1.54) is 0 Å². The molecule has 0 fully saturated rings. The van der Waals surface area contributed by atoms with Crippen LogP contribution in [0.5, 0.6) is 0 Å². The van der Waals surface area contributed by atoms with Crippen LogP contribution < -0.4 is 0 Å². The van der Waals surface area contributed by atoms with Crippen LogP contribution in [-0.2, 0) is 4.74 Å². The smallest absolute Gasteiger partial charge is 0.250 e. The van der Waals surface area contributed by atoms with E-state index in [9.17, 15) is 0 Å². The van der Waals surface area contributed by atoms with Gasteiger partial charge in [0.2, 0.25) is 5.90 Å². The predicted octanol–water partition coefficient (Wildman–Crippen LogP) is 1.95. The van der Waals surface area contributed by atoms with Crippen molar-refractivity contribution in [3.05, 3.63) is 23.7 Å². The summed E-state index contributed by atoms with van der Waals surface area (Å²) in [5.41, 5.74) is 0. The van der Waals surface area contributed by atoms with Crippen molar-refractivity contribution in [3.63, 3.8) is 0 Å². The topological polar surface area (TPSA) is 46.2 Å². The van der Waals surface area contributed by atoms with Crippen molar-refractivity contribution in [1.82, 2.24) is 0 Å². The normalized spacial score (nSPS) is 9.64. The third-order valence-electron chi connectivity index (χ3n) is 1.25. The van der Waals surface area contributed by atoms with Crippen LogP contribution >= 0.6 is 0 Å². The zero-order chi connectivity index (χ0) is 8.27. The third kappa shape index (κ3) is 1.83. The third-order valence-corrected chi connectivity index (χ3v) is 1.25. The van der Waals surface area contributed by atoms with Crippen molar-refractivity contribution in [2.75, 3.05) is 6.61 Å². The lowest BCUT2D eigenvalue weighted by molar-refractivity contribution is 0.315. The first-order chi connectivity index (χ1) is 5.24. The number of ether oxygens (including phenoxy) is 1. The molecule has 1 aromatic rings. The second-order valence-electron chi connectivity index (χ2n) is 2.17. The van der Waals surface area contributed by atoms with Crippen molar-refractivity contribution in [1.29, 1.82) is 5.41 Å². The van der Waals surface area contributed by atoms with E-state index in [0.717, 1.165) is 5.76 Å². The Morgan fingerprint density at radius 3 is 2.82 bits per heavy atom. The van der Waals surface area contributed by atoms with Crippen LogP contribution in [0, 0.1) is 12.3 Å². The summed E-state index contributed by atoms with van der Waals surface area (Å²) in [4.78, 5) is 0. The molecule has 0 radical (unpaired) electrons. The summed E-state index contributed by atoms with van der Waals surface area (Å²) in [6.45, 7) is 4.17. The Labute approximate surface area is 65.5 Å². The highest BCUT2D eigenvalue weighted by atomic mass is 16.5. The Hall–Kier alpha value is -1.25. The van der Waals surface area contributed by atoms with Gasteiger partial charge < -0.3 is 9.15 Å². The van der Waals surface area contributed by atoms with Crippen molar-refractivity contribution in [2.24, 2.45) is 0 Å². The summed E-state index contributed by atoms with van der Waals surface area (Å²) in [7, 11) is 0. The van der Waals surface area contributed by atoms with E-state index in [0.29, 0.717) is 12.4 Å². The highest BCUT2D eigenvalue weighted by molar-refractivity contribution is 5.88. The minimum atomic E-state index is 0.0978. The first kappa shape index (κ1) is 7.85. The zero-order valence-corrected chi connectivity index (χ0v) is 6.68. The van der Waals surface area contributed by atoms with E-state index in [1.54, 1.807) is 6.07 Å². The molecule has 1 N–H and O–H groups in total. The molecule has 0 spiro atoms. The van der Waals surface area contributed by atoms with Gasteiger partial charge in [0.05, 0.1) is 6.61 Å². The highest BCUT2D eigenvalue weighted by Gasteiger charge is 2.04. The van der Waals surface area contributed by atoms with Gasteiger partial charge in [-0.3, -0.25) is 5.41 Å². The number of aryl methyl sites for hydroxylation is 1. The summed E-state index contributed by atoms with van der Waals surface area (Å²) in [5.74, 6) is 1.38. The van der Waals surface area contributed by atoms with Gasteiger partial charge in [-0.15, -0.1) is 0 Å². The van der Waals surface area contributed by atoms with Crippen LogP contribution in [0.1, 0.15) is 18.4 Å². The molecule has 0 aromatic carbocycles. The SMILES string of the molecule is CCOC(=N)c1ccc(C)o1. The van der Waals surface area contributed by atoms with Crippen molar-refractivity contribution >= 4 is 5.90 Å². The zero-order valence-electron chi connectivity index (χ0n) is 6.68. The fraction of sp³-hybridized carbons (Fsp3) is 0.375. The van der Waals surface area contributed by atoms with Crippen LogP contribution in [0.4, 0.5) is 0 Å². The van der Waals surface area contributed by atoms with Crippen molar-refractivity contribution < 1.29 is 9.15 Å². The Bertz CT molecular complexity index is 252. The fourth-order valence-electron chi connectivity index (χ4n) is 0.772. The highest BCUT2D eigenvalue weighted by Crippen LogP contribution is 2.07. The van der Waals surface area contributed by atoms with Gasteiger partial charge in [-0.25, -0.2) is 0 Å². The maximum absolute atomic E-state index is 7.33. The molecule has 3 nitrogen and oxygen atoms in total. The molecule has 0 aliphatic carbocycles. The quantitative estimate of drug-likeness (QED) is 0.521. The number of hydrogen-bond acceptors (Lipinski definition) is 3. The van der Waals surface area contributed by atoms with Gasteiger partial charge in [-0.05, 0) is 26.0 Å². The first-order valence-corrected chi connectivity index (χ1v) is 3.52. The van der Waals surface area contributed by atoms with E-state index in [1.807, 2.05) is 19.9 Å². The summed E-state index contributed by atoms with van der Waals surface area (Å²) in [6, 6.07) is 3.54. The van der Waals surface area contributed by atoms with E-state index < -0.39 is 0 Å². The van der Waals surface area contributed by atoms with Crippen molar-refractivity contribution in [3.8, 4) is 0 Å². The van der Waals surface area contributed by atoms with Crippen LogP contribution in [0.3, 0.4) is 0 Å². The summed E-state index contributed by atoms with van der Waals surface area (Å²) >= 11 is 0. The number of rotatable bonds is 2. The lowest BCUT2D eigenvalue weighted by atomic mass is 10.4. The molecule has 11 heavy (non-hydrogen) atoms. The molecule has 1 aromatic heterocycles. The molecule has 0 aliphatic rings. The molecule has 0 saturated carbocycles. The Kier molecular flexibility index (Phi) is 2.31. The van der Waals surface area contributed by atoms with Gasteiger partial charge in [-0.2, -0.15) is 0 Å². The van der Waals surface area contributed by atoms with E-state index >= 15 is 0 Å². The van der Waals surface area contributed by atoms with E-state index in [2.05, 4.69) is 0 Å². The molecule has 1 rings (SSSR count). The van der Waals surface area contributed by atoms with Gasteiger partial charge in [-0.1, -0.05) is 0 Å². The monoisotopic (exact) mass is 153 g/mol. The minimum Gasteiger partial charge on any atom is -0.476 e. The molecule has 0 unspecified atom stereocenters. The molecule has 3 heteroatoms. The van der Waals surface area contributed by atoms with Crippen molar-refractivity contribution in [2.45, 2.75) is 13.8 Å². The largest absolute Gasteiger partial charge is 0.476 e. The Morgan fingerprint density at radius 2 is 2.36 bits per heavy atom. The summed E-state index contributed by atoms with van der Waals surface area (Å²) < 4.78 is 10.1. The molecule has 0 bridgehead atoms. The van der Waals surface area contributed by atoms with Crippen LogP contribution in [0.15, 0.2) is 16.5 Å². The number of nitrogens with one attached hydrogen (secondary N) is 1. The lowest BCUT2D eigenvalue weighted by Crippen LogP contribution is -2.02. The maximum Gasteiger partial charge on any atom is 0.250 e. The molecule has 60 valence electrons. The molecule has 0 amide bonds. The molecule has 0 atom stereocenters. The number of hydrogen-bond donors (Lipinski definition) is 1. The van der Waals surface area contributed by atoms with Crippen LogP contribution in [0.2, 0.25) is 0 Å². The lowest BCUT2D eigenvalue weighted by Gasteiger charge is -1.99. The molecular formula is C8H11NO2. The average molecular weight is 153 g/mol. The van der Waals surface area contributed by atoms with Crippen LogP contribution in [0.25, 0.3) is 0 Å². The summed E-state index contributed by atoms with van der Waals surface area (Å²) in [6.07, 6.45) is 0. The molecule has 0 saturated heterocycles. The minimum absolute atomic E-state index is 0.0978. The first-order valence-electron chi connectivity index (χ1n) is 3.52. The second kappa shape index (κ2) is 3.23.